The lowest BCUT2D eigenvalue weighted by Crippen LogP contribution is -2.07. The quantitative estimate of drug-likeness (QED) is 0.140. The van der Waals surface area contributed by atoms with Crippen LogP contribution in [-0.2, 0) is 0 Å². The molecule has 0 heterocycles. The van der Waals surface area contributed by atoms with E-state index in [4.69, 9.17) is 4.74 Å². The predicted molar refractivity (Wildman–Crippen MR) is 158 cm³/mol. The molecule has 0 aliphatic heterocycles. The molecule has 0 saturated heterocycles. The van der Waals surface area contributed by atoms with E-state index in [0.717, 1.165) is 67.4 Å². The Morgan fingerprint density at radius 3 is 1.97 bits per heavy atom. The molecule has 0 aliphatic carbocycles. The Morgan fingerprint density at radius 1 is 0.838 bits per heavy atom. The summed E-state index contributed by atoms with van der Waals surface area (Å²) in [4.78, 5) is 13.4. The minimum Gasteiger partial charge on any atom is -0.504 e. The van der Waals surface area contributed by atoms with Crippen molar-refractivity contribution in [1.82, 2.24) is 0 Å². The Bertz CT molecular complexity index is 1020. The minimum atomic E-state index is -0.333. The van der Waals surface area contributed by atoms with Crippen LogP contribution in [0, 0.1) is 0 Å². The van der Waals surface area contributed by atoms with Gasteiger partial charge < -0.3 is 9.84 Å². The summed E-state index contributed by atoms with van der Waals surface area (Å²) in [5.74, 6) is 1.31. The second kappa shape index (κ2) is 15.6. The monoisotopic (exact) mass is 506 g/mol. The number of carbonyl (C=O) groups excluding carboxylic acids is 1. The molecule has 3 unspecified atom stereocenters. The van der Waals surface area contributed by atoms with E-state index in [2.05, 4.69) is 59.7 Å². The molecule has 0 amide bonds. The van der Waals surface area contributed by atoms with E-state index < -0.39 is 0 Å². The third-order valence-electron chi connectivity index (χ3n) is 7.69. The van der Waals surface area contributed by atoms with Crippen LogP contribution in [0.4, 0.5) is 0 Å². The zero-order valence-electron chi connectivity index (χ0n) is 24.4. The van der Waals surface area contributed by atoms with Crippen LogP contribution >= 0.6 is 0 Å². The summed E-state index contributed by atoms with van der Waals surface area (Å²) in [5.41, 5.74) is 4.84. The van der Waals surface area contributed by atoms with Crippen molar-refractivity contribution in [2.75, 3.05) is 7.11 Å². The van der Waals surface area contributed by atoms with Crippen molar-refractivity contribution in [3.8, 4) is 5.75 Å². The van der Waals surface area contributed by atoms with Crippen LogP contribution in [0.1, 0.15) is 150 Å². The average Bonchev–Trinajstić information content (AvgIpc) is 2.92. The highest BCUT2D eigenvalue weighted by atomic mass is 16.5. The summed E-state index contributed by atoms with van der Waals surface area (Å²) < 4.78 is 5.89. The first-order valence-corrected chi connectivity index (χ1v) is 14.5. The highest BCUT2D eigenvalue weighted by Gasteiger charge is 2.21. The van der Waals surface area contributed by atoms with E-state index in [0.29, 0.717) is 17.4 Å². The lowest BCUT2D eigenvalue weighted by atomic mass is 9.85. The number of carbonyl (C=O) groups is 1. The molecule has 2 aromatic rings. The fourth-order valence-corrected chi connectivity index (χ4v) is 5.13. The van der Waals surface area contributed by atoms with Gasteiger partial charge in [0, 0.05) is 11.1 Å². The van der Waals surface area contributed by atoms with Crippen molar-refractivity contribution in [3.05, 3.63) is 70.0 Å². The Labute approximate surface area is 226 Å². The van der Waals surface area contributed by atoms with Crippen molar-refractivity contribution in [1.29, 1.82) is 0 Å². The fourth-order valence-electron chi connectivity index (χ4n) is 5.13. The second-order valence-electron chi connectivity index (χ2n) is 10.8. The van der Waals surface area contributed by atoms with Gasteiger partial charge in [-0.2, -0.15) is 0 Å². The molecule has 3 atom stereocenters. The van der Waals surface area contributed by atoms with E-state index in [-0.39, 0.29) is 17.5 Å². The summed E-state index contributed by atoms with van der Waals surface area (Å²) in [5, 5.41) is 11.1. The Balaban J connectivity index is 2.51. The van der Waals surface area contributed by atoms with Crippen molar-refractivity contribution >= 4 is 11.9 Å². The van der Waals surface area contributed by atoms with E-state index in [1.807, 2.05) is 12.1 Å². The molecule has 0 aliphatic rings. The second-order valence-corrected chi connectivity index (χ2v) is 10.8. The zero-order valence-corrected chi connectivity index (χ0v) is 24.4. The largest absolute Gasteiger partial charge is 0.504 e. The van der Waals surface area contributed by atoms with Crippen LogP contribution in [0.25, 0.3) is 6.08 Å². The van der Waals surface area contributed by atoms with Gasteiger partial charge in [0.25, 0.3) is 0 Å². The van der Waals surface area contributed by atoms with Crippen LogP contribution in [0.5, 0.6) is 5.75 Å². The maximum Gasteiger partial charge on any atom is 0.227 e. The van der Waals surface area contributed by atoms with Gasteiger partial charge in [-0.25, -0.2) is 0 Å². The lowest BCUT2D eigenvalue weighted by Gasteiger charge is -2.22. The number of methoxy groups -OCH3 is 1. The smallest absolute Gasteiger partial charge is 0.227 e. The van der Waals surface area contributed by atoms with Crippen LogP contribution < -0.4 is 4.74 Å². The maximum atomic E-state index is 13.4. The lowest BCUT2D eigenvalue weighted by molar-refractivity contribution is 0.0980. The molecule has 0 saturated carbocycles. The normalized spacial score (nSPS) is 14.3. The third kappa shape index (κ3) is 8.76. The first kappa shape index (κ1) is 30.7. The fraction of sp³-hybridized carbons (Fsp3) is 0.559. The van der Waals surface area contributed by atoms with Gasteiger partial charge in [-0.15, -0.1) is 0 Å². The van der Waals surface area contributed by atoms with Gasteiger partial charge in [0.15, 0.2) is 5.76 Å². The number of ketones is 1. The number of ether oxygens (including phenoxy) is 1. The maximum absolute atomic E-state index is 13.4. The molecule has 0 fully saturated rings. The number of aliphatic hydroxyl groups is 1. The Morgan fingerprint density at radius 2 is 1.41 bits per heavy atom. The number of aliphatic hydroxyl groups excluding tert-OH is 1. The highest BCUT2D eigenvalue weighted by Crippen LogP contribution is 2.38. The molecule has 2 rings (SSSR count). The SMILES string of the molecule is CCCCC(C)c1cccc(C(=O)/C(O)=C/c2cc(C(C)CCCC)cc(OC)c2C(C)CCCC)c1. The predicted octanol–water partition coefficient (Wildman–Crippen LogP) is 10.4. The number of benzene rings is 2. The Hall–Kier alpha value is -2.55. The number of rotatable bonds is 16. The van der Waals surface area contributed by atoms with Crippen LogP contribution in [0.2, 0.25) is 0 Å². The van der Waals surface area contributed by atoms with E-state index in [1.54, 1.807) is 19.3 Å². The molecule has 0 bridgehead atoms. The van der Waals surface area contributed by atoms with Crippen molar-refractivity contribution in [3.63, 3.8) is 0 Å². The summed E-state index contributed by atoms with van der Waals surface area (Å²) in [6.07, 6.45) is 11.8. The summed E-state index contributed by atoms with van der Waals surface area (Å²) in [6, 6.07) is 12.1. The van der Waals surface area contributed by atoms with Gasteiger partial charge in [-0.1, -0.05) is 104 Å². The summed E-state index contributed by atoms with van der Waals surface area (Å²) in [7, 11) is 1.72. The van der Waals surface area contributed by atoms with E-state index >= 15 is 0 Å². The van der Waals surface area contributed by atoms with Crippen molar-refractivity contribution < 1.29 is 14.6 Å². The van der Waals surface area contributed by atoms with Crippen LogP contribution in [-0.4, -0.2) is 18.0 Å². The molecule has 2 aromatic carbocycles. The number of unbranched alkanes of at least 4 members (excludes halogenated alkanes) is 3. The van der Waals surface area contributed by atoms with E-state index in [9.17, 15) is 9.90 Å². The minimum absolute atomic E-state index is 0.220. The molecule has 0 spiro atoms. The van der Waals surface area contributed by atoms with Gasteiger partial charge >= 0.3 is 0 Å². The molecule has 1 N–H and O–H groups in total. The van der Waals surface area contributed by atoms with Gasteiger partial charge in [-0.3, -0.25) is 4.79 Å². The van der Waals surface area contributed by atoms with Gasteiger partial charge in [0.05, 0.1) is 7.11 Å². The van der Waals surface area contributed by atoms with Gasteiger partial charge in [0.2, 0.25) is 5.78 Å². The highest BCUT2D eigenvalue weighted by molar-refractivity contribution is 6.09. The summed E-state index contributed by atoms with van der Waals surface area (Å²) in [6.45, 7) is 13.3. The molecule has 0 aromatic heterocycles. The van der Waals surface area contributed by atoms with Crippen molar-refractivity contribution in [2.24, 2.45) is 0 Å². The first-order valence-electron chi connectivity index (χ1n) is 14.5. The van der Waals surface area contributed by atoms with Crippen LogP contribution in [0.3, 0.4) is 0 Å². The van der Waals surface area contributed by atoms with Gasteiger partial charge in [-0.05, 0) is 71.9 Å². The number of hydrogen-bond acceptors (Lipinski definition) is 3. The zero-order chi connectivity index (χ0) is 27.4. The molecular formula is C34H50O3. The number of allylic oxidation sites excluding steroid dienone is 1. The number of Topliss-reactive ketones (excluding diaryl/α,β-unsaturated/α-hetero) is 1. The topological polar surface area (TPSA) is 46.5 Å². The molecule has 0 radical (unpaired) electrons. The van der Waals surface area contributed by atoms with E-state index in [1.165, 1.54) is 18.4 Å². The standard InChI is InChI=1S/C34H50O3/c1-8-11-15-24(4)27-18-14-19-28(20-27)34(36)31(35)22-30-21-29(25(5)16-12-9-2)23-32(37-7)33(30)26(6)17-13-10-3/h14,18-26,35H,8-13,15-17H2,1-7H3/b31-22-. The van der Waals surface area contributed by atoms with Crippen molar-refractivity contribution in [2.45, 2.75) is 117 Å². The van der Waals surface area contributed by atoms with Gasteiger partial charge in [0.1, 0.15) is 5.75 Å². The molecule has 3 nitrogen and oxygen atoms in total. The molecule has 204 valence electrons. The average molecular weight is 507 g/mol. The first-order chi connectivity index (χ1) is 17.8. The molecular weight excluding hydrogens is 456 g/mol. The number of hydrogen-bond donors (Lipinski definition) is 1. The van der Waals surface area contributed by atoms with Crippen LogP contribution in [0.15, 0.2) is 42.2 Å². The molecule has 3 heteroatoms. The molecule has 37 heavy (non-hydrogen) atoms. The summed E-state index contributed by atoms with van der Waals surface area (Å²) >= 11 is 0. The Kier molecular flexibility index (Phi) is 13.0. The third-order valence-corrected chi connectivity index (χ3v) is 7.69.